The summed E-state index contributed by atoms with van der Waals surface area (Å²) in [6.45, 7) is 1.06. The SMILES string of the molecule is CNS(=O)(=O)c1ccc(C2=CCN3C(=O)c4cc(OC)c(O)cc4N(C)C[C@@H]3C2)cc1. The van der Waals surface area contributed by atoms with Crippen molar-refractivity contribution in [3.8, 4) is 11.5 Å². The number of phenolic OH excluding ortho intramolecular Hbond substituents is 1. The molecule has 1 atom stereocenters. The van der Waals surface area contributed by atoms with Crippen molar-refractivity contribution >= 4 is 27.2 Å². The molecule has 2 aromatic rings. The summed E-state index contributed by atoms with van der Waals surface area (Å²) < 4.78 is 31.4. The second-order valence-corrected chi connectivity index (χ2v) is 9.59. The predicted molar refractivity (Wildman–Crippen MR) is 118 cm³/mol. The van der Waals surface area contributed by atoms with E-state index in [2.05, 4.69) is 4.72 Å². The maximum Gasteiger partial charge on any atom is 0.256 e. The van der Waals surface area contributed by atoms with Crippen LogP contribution in [0.4, 0.5) is 5.69 Å². The lowest BCUT2D eigenvalue weighted by Gasteiger charge is -2.35. The number of methoxy groups -OCH3 is 1. The van der Waals surface area contributed by atoms with E-state index in [0.717, 1.165) is 11.1 Å². The predicted octanol–water partition coefficient (Wildman–Crippen LogP) is 2.06. The number of nitrogens with one attached hydrogen (secondary N) is 1. The number of ether oxygens (including phenoxy) is 1. The number of sulfonamides is 1. The fourth-order valence-corrected chi connectivity index (χ4v) is 4.93. The number of aromatic hydroxyl groups is 1. The molecule has 0 saturated heterocycles. The van der Waals surface area contributed by atoms with Crippen LogP contribution in [0.15, 0.2) is 47.4 Å². The number of fused-ring (bicyclic) bond motifs is 2. The Hall–Kier alpha value is -3.04. The van der Waals surface area contributed by atoms with Crippen molar-refractivity contribution in [2.24, 2.45) is 0 Å². The molecule has 31 heavy (non-hydrogen) atoms. The third kappa shape index (κ3) is 3.75. The van der Waals surface area contributed by atoms with Gasteiger partial charge >= 0.3 is 0 Å². The Kier molecular flexibility index (Phi) is 5.40. The van der Waals surface area contributed by atoms with E-state index in [4.69, 9.17) is 4.74 Å². The van der Waals surface area contributed by atoms with Gasteiger partial charge in [0, 0.05) is 26.2 Å². The molecule has 0 spiro atoms. The molecule has 8 nitrogen and oxygen atoms in total. The van der Waals surface area contributed by atoms with Crippen LogP contribution in [-0.4, -0.2) is 64.7 Å². The Bertz CT molecular complexity index is 1160. The standard InChI is InChI=1S/C22H25N3O5S/c1-23-31(28,29)17-6-4-14(5-7-17)15-8-9-25-16(10-15)13-24(2)19-12-20(26)21(30-3)11-18(19)22(25)27/h4-8,11-12,16,23,26H,9-10,13H2,1-3H3/t16-/m0/s1. The Morgan fingerprint density at radius 1 is 1.19 bits per heavy atom. The first kappa shape index (κ1) is 21.2. The van der Waals surface area contributed by atoms with Gasteiger partial charge in [-0.2, -0.15) is 0 Å². The van der Waals surface area contributed by atoms with Gasteiger partial charge in [-0.3, -0.25) is 4.79 Å². The van der Waals surface area contributed by atoms with Crippen molar-refractivity contribution in [3.05, 3.63) is 53.6 Å². The second kappa shape index (κ2) is 7.90. The number of anilines is 1. The van der Waals surface area contributed by atoms with Gasteiger partial charge in [0.1, 0.15) is 0 Å². The summed E-state index contributed by atoms with van der Waals surface area (Å²) in [5.41, 5.74) is 3.17. The first-order chi connectivity index (χ1) is 14.7. The van der Waals surface area contributed by atoms with Crippen molar-refractivity contribution in [1.82, 2.24) is 9.62 Å². The van der Waals surface area contributed by atoms with Gasteiger partial charge in [-0.1, -0.05) is 18.2 Å². The summed E-state index contributed by atoms with van der Waals surface area (Å²) in [6, 6.07) is 9.87. The van der Waals surface area contributed by atoms with E-state index in [1.165, 1.54) is 14.2 Å². The average molecular weight is 444 g/mol. The molecule has 4 rings (SSSR count). The summed E-state index contributed by atoms with van der Waals surface area (Å²) in [7, 11) is 1.26. The summed E-state index contributed by atoms with van der Waals surface area (Å²) >= 11 is 0. The molecular formula is C22H25N3O5S. The zero-order valence-electron chi connectivity index (χ0n) is 17.6. The second-order valence-electron chi connectivity index (χ2n) is 7.70. The van der Waals surface area contributed by atoms with Gasteiger partial charge < -0.3 is 19.6 Å². The summed E-state index contributed by atoms with van der Waals surface area (Å²) in [5.74, 6) is 0.161. The highest BCUT2D eigenvalue weighted by molar-refractivity contribution is 7.89. The minimum atomic E-state index is -3.48. The maximum atomic E-state index is 13.3. The lowest BCUT2D eigenvalue weighted by Crippen LogP contribution is -2.45. The van der Waals surface area contributed by atoms with Crippen LogP contribution in [0.1, 0.15) is 22.3 Å². The quantitative estimate of drug-likeness (QED) is 0.751. The number of amides is 1. The van der Waals surface area contributed by atoms with E-state index in [1.54, 1.807) is 36.4 Å². The van der Waals surface area contributed by atoms with Gasteiger partial charge in [-0.15, -0.1) is 0 Å². The van der Waals surface area contributed by atoms with Crippen molar-refractivity contribution in [3.63, 3.8) is 0 Å². The number of hydrogen-bond acceptors (Lipinski definition) is 6. The van der Waals surface area contributed by atoms with E-state index >= 15 is 0 Å². The zero-order chi connectivity index (χ0) is 22.3. The largest absolute Gasteiger partial charge is 0.504 e. The highest BCUT2D eigenvalue weighted by Gasteiger charge is 2.35. The third-order valence-corrected chi connectivity index (χ3v) is 7.35. The lowest BCUT2D eigenvalue weighted by molar-refractivity contribution is 0.0712. The molecule has 1 amide bonds. The molecule has 0 radical (unpaired) electrons. The van der Waals surface area contributed by atoms with Crippen LogP contribution in [0.3, 0.4) is 0 Å². The summed E-state index contributed by atoms with van der Waals surface area (Å²) in [5, 5.41) is 10.2. The first-order valence-corrected chi connectivity index (χ1v) is 11.4. The summed E-state index contributed by atoms with van der Waals surface area (Å²) in [4.78, 5) is 17.3. The molecule has 2 aliphatic rings. The zero-order valence-corrected chi connectivity index (χ0v) is 18.4. The minimum Gasteiger partial charge on any atom is -0.504 e. The molecular weight excluding hydrogens is 418 g/mol. The van der Waals surface area contributed by atoms with E-state index in [0.29, 0.717) is 30.8 Å². The van der Waals surface area contributed by atoms with Crippen LogP contribution in [0.2, 0.25) is 0 Å². The number of benzene rings is 2. The van der Waals surface area contributed by atoms with E-state index in [1.807, 2.05) is 22.9 Å². The van der Waals surface area contributed by atoms with Gasteiger partial charge in [-0.05, 0) is 42.8 Å². The highest BCUT2D eigenvalue weighted by atomic mass is 32.2. The van der Waals surface area contributed by atoms with Crippen LogP contribution >= 0.6 is 0 Å². The minimum absolute atomic E-state index is 0.00352. The van der Waals surface area contributed by atoms with Crippen molar-refractivity contribution in [1.29, 1.82) is 0 Å². The molecule has 2 aliphatic heterocycles. The number of phenols is 1. The van der Waals surface area contributed by atoms with Crippen LogP contribution in [0, 0.1) is 0 Å². The number of nitrogens with zero attached hydrogens (tertiary/aromatic N) is 2. The topological polar surface area (TPSA) is 99.2 Å². The molecule has 2 aromatic carbocycles. The number of carbonyl (C=O) groups excluding carboxylic acids is 1. The average Bonchev–Trinajstić information content (AvgIpc) is 2.87. The fourth-order valence-electron chi connectivity index (χ4n) is 4.20. The molecule has 2 heterocycles. The molecule has 0 aliphatic carbocycles. The van der Waals surface area contributed by atoms with Crippen LogP contribution < -0.4 is 14.4 Å². The number of carbonyl (C=O) groups is 1. The molecule has 164 valence electrons. The monoisotopic (exact) mass is 443 g/mol. The molecule has 0 fully saturated rings. The highest BCUT2D eigenvalue weighted by Crippen LogP contribution is 2.38. The Morgan fingerprint density at radius 3 is 2.55 bits per heavy atom. The molecule has 0 bridgehead atoms. The van der Waals surface area contributed by atoms with E-state index < -0.39 is 10.0 Å². The molecule has 0 aromatic heterocycles. The van der Waals surface area contributed by atoms with Crippen LogP contribution in [0.25, 0.3) is 5.57 Å². The van der Waals surface area contributed by atoms with Crippen LogP contribution in [0.5, 0.6) is 11.5 Å². The van der Waals surface area contributed by atoms with Gasteiger partial charge in [0.15, 0.2) is 11.5 Å². The third-order valence-electron chi connectivity index (χ3n) is 5.92. The normalized spacial score (nSPS) is 18.7. The van der Waals surface area contributed by atoms with Gasteiger partial charge in [-0.25, -0.2) is 13.1 Å². The number of rotatable bonds is 4. The van der Waals surface area contributed by atoms with Crippen LogP contribution in [-0.2, 0) is 10.0 Å². The van der Waals surface area contributed by atoms with Gasteiger partial charge in [0.05, 0.1) is 29.3 Å². The Morgan fingerprint density at radius 2 is 1.90 bits per heavy atom. The molecule has 0 saturated carbocycles. The molecule has 2 N–H and O–H groups in total. The lowest BCUT2D eigenvalue weighted by atomic mass is 9.93. The first-order valence-electron chi connectivity index (χ1n) is 9.91. The van der Waals surface area contributed by atoms with Gasteiger partial charge in [0.2, 0.25) is 10.0 Å². The number of likely N-dealkylation sites (N-methyl/N-ethyl adjacent to an activating group) is 1. The van der Waals surface area contributed by atoms with Crippen molar-refractivity contribution in [2.75, 3.05) is 39.2 Å². The maximum absolute atomic E-state index is 13.3. The smallest absolute Gasteiger partial charge is 0.256 e. The summed E-state index contributed by atoms with van der Waals surface area (Å²) in [6.07, 6.45) is 2.66. The Labute approximate surface area is 181 Å². The van der Waals surface area contributed by atoms with E-state index in [9.17, 15) is 18.3 Å². The Balaban J connectivity index is 1.63. The van der Waals surface area contributed by atoms with Crippen molar-refractivity contribution < 1.29 is 23.1 Å². The number of hydrogen-bond donors (Lipinski definition) is 2. The fraction of sp³-hybridized carbons (Fsp3) is 0.318. The van der Waals surface area contributed by atoms with Crippen molar-refractivity contribution in [2.45, 2.75) is 17.4 Å². The van der Waals surface area contributed by atoms with Gasteiger partial charge in [0.25, 0.3) is 5.91 Å². The molecule has 0 unspecified atom stereocenters. The van der Waals surface area contributed by atoms with E-state index in [-0.39, 0.29) is 28.3 Å². The molecule has 9 heteroatoms.